The van der Waals surface area contributed by atoms with Gasteiger partial charge in [0.05, 0.1) is 5.69 Å². The van der Waals surface area contributed by atoms with Crippen molar-refractivity contribution < 1.29 is 0 Å². The minimum atomic E-state index is 0.739. The molecular weight excluding hydrogens is 210 g/mol. The summed E-state index contributed by atoms with van der Waals surface area (Å²) in [6.45, 7) is 4.20. The molecule has 0 saturated heterocycles. The summed E-state index contributed by atoms with van der Waals surface area (Å²) in [5, 5.41) is 0. The number of aromatic nitrogens is 3. The van der Waals surface area contributed by atoms with Crippen LogP contribution in [0.5, 0.6) is 0 Å². The van der Waals surface area contributed by atoms with Gasteiger partial charge < -0.3 is 0 Å². The van der Waals surface area contributed by atoms with E-state index >= 15 is 0 Å². The van der Waals surface area contributed by atoms with Crippen molar-refractivity contribution in [3.8, 4) is 11.3 Å². The quantitative estimate of drug-likeness (QED) is 0.634. The molecule has 3 nitrogen and oxygen atoms in total. The van der Waals surface area contributed by atoms with Crippen molar-refractivity contribution >= 4 is 5.78 Å². The topological polar surface area (TPSA) is 30.2 Å². The molecule has 0 unspecified atom stereocenters. The second-order valence-corrected chi connectivity index (χ2v) is 4.27. The third kappa shape index (κ3) is 1.69. The number of fused-ring (bicyclic) bond motifs is 1. The molecule has 0 N–H and O–H groups in total. The standard InChI is InChI=1S/C14H13N3/c1-10-4-5-11(2)12(8-10)13-9-17-7-3-6-15-14(17)16-13/h3-9H,1-2H3. The highest BCUT2D eigenvalue weighted by Crippen LogP contribution is 2.23. The van der Waals surface area contributed by atoms with Crippen molar-refractivity contribution in [3.05, 3.63) is 54.0 Å². The number of hydrogen-bond donors (Lipinski definition) is 0. The van der Waals surface area contributed by atoms with Crippen molar-refractivity contribution in [1.82, 2.24) is 14.4 Å². The van der Waals surface area contributed by atoms with E-state index in [1.54, 1.807) is 6.20 Å². The molecule has 0 amide bonds. The molecule has 3 aromatic rings. The van der Waals surface area contributed by atoms with E-state index in [1.165, 1.54) is 16.7 Å². The summed E-state index contributed by atoms with van der Waals surface area (Å²) in [6, 6.07) is 8.31. The predicted octanol–water partition coefficient (Wildman–Crippen LogP) is 3.01. The van der Waals surface area contributed by atoms with Crippen LogP contribution in [0.15, 0.2) is 42.9 Å². The van der Waals surface area contributed by atoms with Crippen molar-refractivity contribution in [3.63, 3.8) is 0 Å². The summed E-state index contributed by atoms with van der Waals surface area (Å²) in [5.41, 5.74) is 4.63. The van der Waals surface area contributed by atoms with Gasteiger partial charge in [0.15, 0.2) is 0 Å². The second-order valence-electron chi connectivity index (χ2n) is 4.27. The summed E-state index contributed by atoms with van der Waals surface area (Å²) in [6.07, 6.45) is 5.74. The molecule has 2 aromatic heterocycles. The fourth-order valence-electron chi connectivity index (χ4n) is 1.97. The maximum absolute atomic E-state index is 4.54. The van der Waals surface area contributed by atoms with Crippen LogP contribution in [0.1, 0.15) is 11.1 Å². The van der Waals surface area contributed by atoms with Crippen LogP contribution in [0.2, 0.25) is 0 Å². The monoisotopic (exact) mass is 223 g/mol. The summed E-state index contributed by atoms with van der Waals surface area (Å²) >= 11 is 0. The van der Waals surface area contributed by atoms with Crippen LogP contribution in [-0.2, 0) is 0 Å². The average molecular weight is 223 g/mol. The lowest BCUT2D eigenvalue weighted by Crippen LogP contribution is -1.84. The van der Waals surface area contributed by atoms with Crippen molar-refractivity contribution in [2.45, 2.75) is 13.8 Å². The predicted molar refractivity (Wildman–Crippen MR) is 67.9 cm³/mol. The zero-order valence-corrected chi connectivity index (χ0v) is 9.88. The smallest absolute Gasteiger partial charge is 0.234 e. The van der Waals surface area contributed by atoms with E-state index in [1.807, 2.05) is 22.9 Å². The Bertz CT molecular complexity index is 650. The van der Waals surface area contributed by atoms with Gasteiger partial charge in [0.1, 0.15) is 0 Å². The van der Waals surface area contributed by atoms with Crippen LogP contribution in [0, 0.1) is 13.8 Å². The molecule has 0 saturated carbocycles. The summed E-state index contributed by atoms with van der Waals surface area (Å²) in [5.74, 6) is 0.739. The Kier molecular flexibility index (Phi) is 2.18. The number of nitrogens with zero attached hydrogens (tertiary/aromatic N) is 3. The van der Waals surface area contributed by atoms with E-state index in [2.05, 4.69) is 42.0 Å². The number of hydrogen-bond acceptors (Lipinski definition) is 2. The Labute approximate surface area is 99.8 Å². The first-order valence-electron chi connectivity index (χ1n) is 5.61. The Morgan fingerprint density at radius 1 is 1.18 bits per heavy atom. The van der Waals surface area contributed by atoms with E-state index in [-0.39, 0.29) is 0 Å². The van der Waals surface area contributed by atoms with E-state index < -0.39 is 0 Å². The lowest BCUT2D eigenvalue weighted by Gasteiger charge is -2.03. The highest BCUT2D eigenvalue weighted by Gasteiger charge is 2.07. The molecule has 1 aromatic carbocycles. The number of imidazole rings is 1. The zero-order chi connectivity index (χ0) is 11.8. The molecule has 84 valence electrons. The Hall–Kier alpha value is -2.16. The molecule has 3 heteroatoms. The largest absolute Gasteiger partial charge is 0.291 e. The maximum atomic E-state index is 4.54. The molecule has 17 heavy (non-hydrogen) atoms. The lowest BCUT2D eigenvalue weighted by atomic mass is 10.0. The van der Waals surface area contributed by atoms with Crippen LogP contribution in [0.4, 0.5) is 0 Å². The first kappa shape index (κ1) is 10.0. The van der Waals surface area contributed by atoms with Crippen molar-refractivity contribution in [1.29, 1.82) is 0 Å². The van der Waals surface area contributed by atoms with Gasteiger partial charge in [0.2, 0.25) is 5.78 Å². The molecule has 0 aliphatic rings. The van der Waals surface area contributed by atoms with E-state index in [0.717, 1.165) is 11.5 Å². The van der Waals surface area contributed by atoms with Gasteiger partial charge in [-0.2, -0.15) is 0 Å². The third-order valence-corrected chi connectivity index (χ3v) is 2.90. The molecule has 0 aliphatic carbocycles. The zero-order valence-electron chi connectivity index (χ0n) is 9.88. The minimum absolute atomic E-state index is 0.739. The lowest BCUT2D eigenvalue weighted by molar-refractivity contribution is 1.11. The van der Waals surface area contributed by atoms with Crippen LogP contribution < -0.4 is 0 Å². The normalized spacial score (nSPS) is 10.9. The van der Waals surface area contributed by atoms with Gasteiger partial charge in [-0.05, 0) is 31.5 Å². The number of aryl methyl sites for hydroxylation is 2. The summed E-state index contributed by atoms with van der Waals surface area (Å²) in [7, 11) is 0. The Morgan fingerprint density at radius 2 is 2.06 bits per heavy atom. The first-order chi connectivity index (χ1) is 8.24. The molecule has 0 spiro atoms. The summed E-state index contributed by atoms with van der Waals surface area (Å²) < 4.78 is 1.94. The van der Waals surface area contributed by atoms with E-state index in [0.29, 0.717) is 0 Å². The molecule has 0 aliphatic heterocycles. The fraction of sp³-hybridized carbons (Fsp3) is 0.143. The van der Waals surface area contributed by atoms with Gasteiger partial charge in [-0.15, -0.1) is 0 Å². The molecule has 0 bridgehead atoms. The number of rotatable bonds is 1. The molecule has 3 rings (SSSR count). The van der Waals surface area contributed by atoms with Gasteiger partial charge in [-0.25, -0.2) is 9.97 Å². The van der Waals surface area contributed by atoms with Crippen LogP contribution >= 0.6 is 0 Å². The van der Waals surface area contributed by atoms with Crippen LogP contribution in [0.3, 0.4) is 0 Å². The van der Waals surface area contributed by atoms with Crippen LogP contribution in [-0.4, -0.2) is 14.4 Å². The molecule has 0 radical (unpaired) electrons. The highest BCUT2D eigenvalue weighted by molar-refractivity contribution is 5.65. The minimum Gasteiger partial charge on any atom is -0.291 e. The number of benzene rings is 1. The third-order valence-electron chi connectivity index (χ3n) is 2.90. The van der Waals surface area contributed by atoms with Gasteiger partial charge in [0.25, 0.3) is 0 Å². The van der Waals surface area contributed by atoms with E-state index in [9.17, 15) is 0 Å². The molecular formula is C14H13N3. The van der Waals surface area contributed by atoms with Gasteiger partial charge >= 0.3 is 0 Å². The highest BCUT2D eigenvalue weighted by atomic mass is 15.1. The second kappa shape index (κ2) is 3.70. The first-order valence-corrected chi connectivity index (χ1v) is 5.61. The van der Waals surface area contributed by atoms with Crippen LogP contribution in [0.25, 0.3) is 17.0 Å². The van der Waals surface area contributed by atoms with Gasteiger partial charge in [-0.1, -0.05) is 17.7 Å². The Morgan fingerprint density at radius 3 is 2.88 bits per heavy atom. The van der Waals surface area contributed by atoms with E-state index in [4.69, 9.17) is 0 Å². The molecule has 0 atom stereocenters. The summed E-state index contributed by atoms with van der Waals surface area (Å²) in [4.78, 5) is 8.77. The van der Waals surface area contributed by atoms with Gasteiger partial charge in [-0.3, -0.25) is 4.40 Å². The Balaban J connectivity index is 2.23. The maximum Gasteiger partial charge on any atom is 0.234 e. The molecule has 0 fully saturated rings. The van der Waals surface area contributed by atoms with Crippen molar-refractivity contribution in [2.75, 3.05) is 0 Å². The SMILES string of the molecule is Cc1ccc(C)c(-c2cn3cccnc3n2)c1. The molecule has 2 heterocycles. The average Bonchev–Trinajstić information content (AvgIpc) is 2.75. The fourth-order valence-corrected chi connectivity index (χ4v) is 1.97. The van der Waals surface area contributed by atoms with Crippen molar-refractivity contribution in [2.24, 2.45) is 0 Å². The van der Waals surface area contributed by atoms with Gasteiger partial charge in [0, 0.05) is 24.2 Å².